The quantitative estimate of drug-likeness (QED) is 0.689. The summed E-state index contributed by atoms with van der Waals surface area (Å²) in [7, 11) is -3.35. The predicted molar refractivity (Wildman–Crippen MR) is 118 cm³/mol. The first kappa shape index (κ1) is 19.6. The average Bonchev–Trinajstić information content (AvgIpc) is 3.34. The van der Waals surface area contributed by atoms with E-state index in [2.05, 4.69) is 0 Å². The maximum absolute atomic E-state index is 15.2. The molecule has 0 aromatic heterocycles. The molecule has 2 heterocycles. The molecule has 0 bridgehead atoms. The molecule has 3 fully saturated rings. The molecule has 3 unspecified atom stereocenters. The maximum Gasteiger partial charge on any atom is 0.168 e. The molecular weight excluding hydrogens is 401 g/mol. The molecule has 0 amide bonds. The van der Waals surface area contributed by atoms with E-state index < -0.39 is 22.6 Å². The Morgan fingerprint density at radius 3 is 2.07 bits per heavy atom. The highest BCUT2D eigenvalue weighted by Gasteiger charge is 2.85. The first-order chi connectivity index (χ1) is 13.8. The minimum Gasteiger partial charge on any atom is -0.312 e. The first-order valence-electron chi connectivity index (χ1n) is 10.2. The highest BCUT2D eigenvalue weighted by atomic mass is 32.2. The van der Waals surface area contributed by atoms with Crippen LogP contribution in [0.3, 0.4) is 0 Å². The molecule has 1 spiro atoms. The van der Waals surface area contributed by atoms with Crippen molar-refractivity contribution in [3.05, 3.63) is 60.7 Å². The van der Waals surface area contributed by atoms with E-state index in [1.54, 1.807) is 11.8 Å². The number of hydroxylamine groups is 2. The van der Waals surface area contributed by atoms with Crippen LogP contribution in [0.4, 0.5) is 0 Å². The molecule has 1 aliphatic carbocycles. The van der Waals surface area contributed by atoms with Crippen molar-refractivity contribution in [1.82, 2.24) is 5.06 Å². The summed E-state index contributed by atoms with van der Waals surface area (Å²) in [5, 5.41) is 2.54. The van der Waals surface area contributed by atoms with Crippen LogP contribution in [-0.2, 0) is 14.2 Å². The van der Waals surface area contributed by atoms with Gasteiger partial charge in [-0.3, -0.25) is 9.63 Å². The SMILES string of the molecule is CC1(C)C(=O)C(C)(P(=O)(c2ccccc2)c2ccccc2)C12ON1CCCC1S2. The number of thioether (sulfide) groups is 1. The summed E-state index contributed by atoms with van der Waals surface area (Å²) >= 11 is 1.71. The Labute approximate surface area is 176 Å². The van der Waals surface area contributed by atoms with Gasteiger partial charge in [-0.15, -0.1) is 11.8 Å². The summed E-state index contributed by atoms with van der Waals surface area (Å²) < 4.78 is 15.2. The molecule has 2 aromatic rings. The molecule has 29 heavy (non-hydrogen) atoms. The van der Waals surface area contributed by atoms with Crippen LogP contribution in [0.15, 0.2) is 60.7 Å². The summed E-state index contributed by atoms with van der Waals surface area (Å²) in [4.78, 5) is 19.6. The number of fused-ring (bicyclic) bond motifs is 1. The zero-order valence-corrected chi connectivity index (χ0v) is 18.7. The molecule has 2 aromatic carbocycles. The van der Waals surface area contributed by atoms with Crippen LogP contribution >= 0.6 is 18.9 Å². The van der Waals surface area contributed by atoms with Gasteiger partial charge in [-0.1, -0.05) is 60.7 Å². The molecule has 4 nitrogen and oxygen atoms in total. The third kappa shape index (κ3) is 2.20. The van der Waals surface area contributed by atoms with Gasteiger partial charge in [0.05, 0.1) is 10.8 Å². The second-order valence-corrected chi connectivity index (χ2v) is 13.4. The summed E-state index contributed by atoms with van der Waals surface area (Å²) in [5.41, 5.74) is -0.712. The Hall–Kier alpha value is -1.39. The normalized spacial score (nSPS) is 33.6. The first-order valence-corrected chi connectivity index (χ1v) is 12.8. The lowest BCUT2D eigenvalue weighted by Crippen LogP contribution is -2.79. The molecule has 0 N–H and O–H groups in total. The van der Waals surface area contributed by atoms with Gasteiger partial charge in [0.2, 0.25) is 0 Å². The number of hydrogen-bond donors (Lipinski definition) is 0. The van der Waals surface area contributed by atoms with Crippen molar-refractivity contribution >= 4 is 35.3 Å². The molecule has 1 saturated carbocycles. The second-order valence-electron chi connectivity index (χ2n) is 8.87. The summed E-state index contributed by atoms with van der Waals surface area (Å²) in [6, 6.07) is 19.0. The highest BCUT2D eigenvalue weighted by molar-refractivity contribution is 8.02. The number of carbonyl (C=O) groups is 1. The lowest BCUT2D eigenvalue weighted by atomic mass is 9.59. The van der Waals surface area contributed by atoms with Crippen LogP contribution in [0, 0.1) is 5.41 Å². The molecule has 6 heteroatoms. The lowest BCUT2D eigenvalue weighted by Gasteiger charge is -2.64. The monoisotopic (exact) mass is 427 g/mol. The van der Waals surface area contributed by atoms with Crippen molar-refractivity contribution in [2.24, 2.45) is 5.41 Å². The molecule has 0 radical (unpaired) electrons. The zero-order chi connectivity index (χ0) is 20.5. The van der Waals surface area contributed by atoms with E-state index in [1.807, 2.05) is 86.5 Å². The highest BCUT2D eigenvalue weighted by Crippen LogP contribution is 2.78. The van der Waals surface area contributed by atoms with E-state index in [9.17, 15) is 4.79 Å². The van der Waals surface area contributed by atoms with Gasteiger partial charge in [0.25, 0.3) is 0 Å². The fraction of sp³-hybridized carbons (Fsp3) is 0.435. The molecule has 2 aliphatic heterocycles. The smallest absolute Gasteiger partial charge is 0.168 e. The number of carbonyl (C=O) groups excluding carboxylic acids is 1. The van der Waals surface area contributed by atoms with Gasteiger partial charge in [0.15, 0.2) is 17.9 Å². The average molecular weight is 428 g/mol. The van der Waals surface area contributed by atoms with Gasteiger partial charge in [-0.2, -0.15) is 5.06 Å². The number of benzene rings is 2. The summed E-state index contributed by atoms with van der Waals surface area (Å²) in [6.45, 7) is 6.65. The molecule has 5 rings (SSSR count). The van der Waals surface area contributed by atoms with Crippen LogP contribution in [0.1, 0.15) is 33.6 Å². The van der Waals surface area contributed by atoms with Gasteiger partial charge in [-0.05, 0) is 33.6 Å². The van der Waals surface area contributed by atoms with Crippen molar-refractivity contribution in [1.29, 1.82) is 0 Å². The van der Waals surface area contributed by atoms with E-state index in [4.69, 9.17) is 4.84 Å². The third-order valence-corrected chi connectivity index (χ3v) is 13.1. The van der Waals surface area contributed by atoms with Crippen LogP contribution in [0.5, 0.6) is 0 Å². The molecule has 2 saturated heterocycles. The van der Waals surface area contributed by atoms with Gasteiger partial charge in [0.1, 0.15) is 5.16 Å². The zero-order valence-electron chi connectivity index (χ0n) is 17.0. The lowest BCUT2D eigenvalue weighted by molar-refractivity contribution is -0.251. The van der Waals surface area contributed by atoms with Gasteiger partial charge >= 0.3 is 0 Å². The maximum atomic E-state index is 15.2. The molecule has 152 valence electrons. The Kier molecular flexibility index (Phi) is 4.25. The summed E-state index contributed by atoms with van der Waals surface area (Å²) in [5.74, 6) is 0.0229. The Morgan fingerprint density at radius 1 is 1.00 bits per heavy atom. The third-order valence-electron chi connectivity index (χ3n) is 7.04. The van der Waals surface area contributed by atoms with E-state index in [-0.39, 0.29) is 11.2 Å². The number of ketones is 1. The molecule has 3 atom stereocenters. The Balaban J connectivity index is 1.75. The molecular formula is C23H26NO3PS. The predicted octanol–water partition coefficient (Wildman–Crippen LogP) is 4.16. The largest absolute Gasteiger partial charge is 0.312 e. The van der Waals surface area contributed by atoms with Crippen molar-refractivity contribution in [2.45, 2.75) is 49.1 Å². The minimum absolute atomic E-state index is 0.0229. The molecule has 3 aliphatic rings. The van der Waals surface area contributed by atoms with Gasteiger partial charge in [-0.25, -0.2) is 0 Å². The van der Waals surface area contributed by atoms with E-state index >= 15 is 4.57 Å². The van der Waals surface area contributed by atoms with Crippen LogP contribution in [0.25, 0.3) is 0 Å². The van der Waals surface area contributed by atoms with Crippen molar-refractivity contribution in [3.8, 4) is 0 Å². The van der Waals surface area contributed by atoms with Crippen molar-refractivity contribution in [2.75, 3.05) is 6.54 Å². The standard InChI is InChI=1S/C23H26NO3PS/c1-21(2)20(25)22(3,23(21)27-24-16-10-15-19(24)29-23)28(26,17-11-6-4-7-12-17)18-13-8-5-9-14-18/h4-9,11-14,19H,10,15-16H2,1-3H3. The van der Waals surface area contributed by atoms with Crippen molar-refractivity contribution < 1.29 is 14.2 Å². The van der Waals surface area contributed by atoms with Crippen LogP contribution in [-0.4, -0.2) is 32.9 Å². The van der Waals surface area contributed by atoms with E-state index in [1.165, 1.54) is 0 Å². The number of hydrogen-bond acceptors (Lipinski definition) is 5. The van der Waals surface area contributed by atoms with Crippen LogP contribution < -0.4 is 10.6 Å². The van der Waals surface area contributed by atoms with E-state index in [0.29, 0.717) is 10.6 Å². The van der Waals surface area contributed by atoms with Gasteiger partial charge in [0, 0.05) is 17.2 Å². The minimum atomic E-state index is -3.35. The van der Waals surface area contributed by atoms with Crippen LogP contribution in [0.2, 0.25) is 0 Å². The number of rotatable bonds is 3. The summed E-state index contributed by atoms with van der Waals surface area (Å²) in [6.07, 6.45) is 2.13. The Bertz CT molecular complexity index is 954. The fourth-order valence-corrected chi connectivity index (χ4v) is 11.7. The topological polar surface area (TPSA) is 46.6 Å². The fourth-order valence-electron chi connectivity index (χ4n) is 5.52. The van der Waals surface area contributed by atoms with E-state index in [0.717, 1.165) is 19.4 Å². The number of Topliss-reactive ketones (excluding diaryl/α,β-unsaturated/α-hetero) is 1. The second kappa shape index (κ2) is 6.31. The van der Waals surface area contributed by atoms with Gasteiger partial charge < -0.3 is 4.57 Å². The Morgan fingerprint density at radius 2 is 1.55 bits per heavy atom. The van der Waals surface area contributed by atoms with Crippen molar-refractivity contribution in [3.63, 3.8) is 0 Å². The number of nitrogens with zero attached hydrogens (tertiary/aromatic N) is 1.